The molecule has 11 heavy (non-hydrogen) atoms. The van der Waals surface area contributed by atoms with Gasteiger partial charge in [-0.3, -0.25) is 9.59 Å². The van der Waals surface area contributed by atoms with Crippen molar-refractivity contribution in [1.82, 2.24) is 5.32 Å². The van der Waals surface area contributed by atoms with Gasteiger partial charge < -0.3 is 10.1 Å². The molecule has 64 valence electrons. The van der Waals surface area contributed by atoms with Gasteiger partial charge >= 0.3 is 5.97 Å². The normalized spacial score (nSPS) is 11.9. The van der Waals surface area contributed by atoms with Crippen molar-refractivity contribution in [1.29, 1.82) is 0 Å². The smallest absolute Gasteiger partial charge is 0.303 e. The van der Waals surface area contributed by atoms with Gasteiger partial charge in [0.05, 0.1) is 0 Å². The second-order valence-electron chi connectivity index (χ2n) is 2.15. The van der Waals surface area contributed by atoms with Crippen molar-refractivity contribution in [2.24, 2.45) is 0 Å². The molecule has 0 aromatic heterocycles. The van der Waals surface area contributed by atoms with Crippen LogP contribution in [0.5, 0.6) is 0 Å². The molecule has 0 aliphatic carbocycles. The first-order valence-electron chi connectivity index (χ1n) is 3.52. The van der Waals surface area contributed by atoms with Gasteiger partial charge in [0.2, 0.25) is 0 Å². The van der Waals surface area contributed by atoms with Gasteiger partial charge in [0, 0.05) is 13.5 Å². The lowest BCUT2D eigenvalue weighted by molar-refractivity contribution is -0.152. The number of carbonyl (C=O) groups excluding carboxylic acids is 2. The van der Waals surface area contributed by atoms with Gasteiger partial charge in [-0.15, -0.1) is 0 Å². The molecule has 1 N–H and O–H groups in total. The van der Waals surface area contributed by atoms with Crippen LogP contribution >= 0.6 is 0 Å². The zero-order valence-electron chi connectivity index (χ0n) is 7.01. The van der Waals surface area contributed by atoms with Crippen LogP contribution in [0.3, 0.4) is 0 Å². The number of likely N-dealkylation sites (N-methyl/N-ethyl adjacent to an activating group) is 1. The molecule has 0 fully saturated rings. The minimum Gasteiger partial charge on any atom is -0.453 e. The molecule has 1 amide bonds. The number of hydrogen-bond donors (Lipinski definition) is 1. The first-order valence-corrected chi connectivity index (χ1v) is 3.52. The molecule has 4 heteroatoms. The van der Waals surface area contributed by atoms with Gasteiger partial charge in [0.15, 0.2) is 6.10 Å². The van der Waals surface area contributed by atoms with E-state index in [0.717, 1.165) is 0 Å². The Bertz CT molecular complexity index is 156. The molecule has 0 saturated carbocycles. The summed E-state index contributed by atoms with van der Waals surface area (Å²) >= 11 is 0. The predicted octanol–water partition coefficient (Wildman–Crippen LogP) is 0.0741. The average Bonchev–Trinajstić information content (AvgIpc) is 1.86. The Kier molecular flexibility index (Phi) is 4.26. The standard InChI is InChI=1S/C7H13NO3/c1-4-8-7(10)5(2)11-6(3)9/h5H,4H2,1-3H3,(H,8,10). The molecule has 0 spiro atoms. The Labute approximate surface area is 65.9 Å². The molecule has 0 aliphatic rings. The Morgan fingerprint density at radius 1 is 1.55 bits per heavy atom. The van der Waals surface area contributed by atoms with Gasteiger partial charge in [-0.05, 0) is 13.8 Å². The summed E-state index contributed by atoms with van der Waals surface area (Å²) in [5, 5.41) is 2.53. The number of amides is 1. The summed E-state index contributed by atoms with van der Waals surface area (Å²) in [6, 6.07) is 0. The van der Waals surface area contributed by atoms with Gasteiger partial charge in [-0.1, -0.05) is 0 Å². The Hall–Kier alpha value is -1.06. The second kappa shape index (κ2) is 4.71. The van der Waals surface area contributed by atoms with Gasteiger partial charge in [0.1, 0.15) is 0 Å². The van der Waals surface area contributed by atoms with Crippen LogP contribution in [0.2, 0.25) is 0 Å². The molecule has 0 radical (unpaired) electrons. The number of ether oxygens (including phenoxy) is 1. The molecule has 0 bridgehead atoms. The van der Waals surface area contributed by atoms with Crippen LogP contribution < -0.4 is 5.32 Å². The SMILES string of the molecule is CCNC(=O)C(C)OC(C)=O. The van der Waals surface area contributed by atoms with Gasteiger partial charge in [-0.2, -0.15) is 0 Å². The first-order chi connectivity index (χ1) is 5.07. The first kappa shape index (κ1) is 9.94. The summed E-state index contributed by atoms with van der Waals surface area (Å²) < 4.78 is 4.61. The van der Waals surface area contributed by atoms with E-state index >= 15 is 0 Å². The molecular formula is C7H13NO3. The van der Waals surface area contributed by atoms with Crippen molar-refractivity contribution in [2.75, 3.05) is 6.54 Å². The maximum absolute atomic E-state index is 10.9. The molecule has 0 aromatic carbocycles. The lowest BCUT2D eigenvalue weighted by Gasteiger charge is -2.10. The maximum atomic E-state index is 10.9. The highest BCUT2D eigenvalue weighted by molar-refractivity contribution is 5.82. The highest BCUT2D eigenvalue weighted by Gasteiger charge is 2.13. The summed E-state index contributed by atoms with van der Waals surface area (Å²) in [6.45, 7) is 5.16. The van der Waals surface area contributed by atoms with Crippen molar-refractivity contribution in [3.8, 4) is 0 Å². The largest absolute Gasteiger partial charge is 0.453 e. The zero-order valence-corrected chi connectivity index (χ0v) is 7.01. The number of carbonyl (C=O) groups is 2. The van der Waals surface area contributed by atoms with Crippen molar-refractivity contribution >= 4 is 11.9 Å². The lowest BCUT2D eigenvalue weighted by Crippen LogP contribution is -2.35. The Balaban J connectivity index is 3.73. The minimum atomic E-state index is -0.688. The van der Waals surface area contributed by atoms with E-state index in [1.165, 1.54) is 13.8 Å². The van der Waals surface area contributed by atoms with E-state index in [1.807, 2.05) is 0 Å². The fourth-order valence-electron chi connectivity index (χ4n) is 0.620. The van der Waals surface area contributed by atoms with Crippen LogP contribution in [-0.4, -0.2) is 24.5 Å². The van der Waals surface area contributed by atoms with Crippen molar-refractivity contribution in [3.05, 3.63) is 0 Å². The van der Waals surface area contributed by atoms with Crippen molar-refractivity contribution in [2.45, 2.75) is 26.9 Å². The van der Waals surface area contributed by atoms with E-state index in [-0.39, 0.29) is 5.91 Å². The van der Waals surface area contributed by atoms with E-state index in [9.17, 15) is 9.59 Å². The molecule has 1 unspecified atom stereocenters. The van der Waals surface area contributed by atoms with E-state index < -0.39 is 12.1 Å². The molecule has 0 aromatic rings. The molecule has 0 aliphatic heterocycles. The van der Waals surface area contributed by atoms with Crippen molar-refractivity contribution < 1.29 is 14.3 Å². The highest BCUT2D eigenvalue weighted by atomic mass is 16.5. The van der Waals surface area contributed by atoms with E-state index in [0.29, 0.717) is 6.54 Å². The fourth-order valence-corrected chi connectivity index (χ4v) is 0.620. The third kappa shape index (κ3) is 4.36. The summed E-state index contributed by atoms with van der Waals surface area (Å²) in [5.74, 6) is -0.702. The summed E-state index contributed by atoms with van der Waals surface area (Å²) in [4.78, 5) is 21.3. The number of rotatable bonds is 3. The van der Waals surface area contributed by atoms with Crippen LogP contribution in [0.1, 0.15) is 20.8 Å². The molecule has 0 heterocycles. The predicted molar refractivity (Wildman–Crippen MR) is 39.9 cm³/mol. The Morgan fingerprint density at radius 2 is 2.09 bits per heavy atom. The molecular weight excluding hydrogens is 146 g/mol. The minimum absolute atomic E-state index is 0.261. The van der Waals surface area contributed by atoms with Gasteiger partial charge in [0.25, 0.3) is 5.91 Å². The summed E-state index contributed by atoms with van der Waals surface area (Å²) in [7, 11) is 0. The van der Waals surface area contributed by atoms with Crippen molar-refractivity contribution in [3.63, 3.8) is 0 Å². The average molecular weight is 159 g/mol. The highest BCUT2D eigenvalue weighted by Crippen LogP contribution is 1.90. The van der Waals surface area contributed by atoms with Crippen LogP contribution in [0.15, 0.2) is 0 Å². The third-order valence-electron chi connectivity index (χ3n) is 1.06. The van der Waals surface area contributed by atoms with Crippen LogP contribution in [-0.2, 0) is 14.3 Å². The van der Waals surface area contributed by atoms with E-state index in [4.69, 9.17) is 0 Å². The second-order valence-corrected chi connectivity index (χ2v) is 2.15. The zero-order chi connectivity index (χ0) is 8.85. The van der Waals surface area contributed by atoms with Crippen LogP contribution in [0, 0.1) is 0 Å². The quantitative estimate of drug-likeness (QED) is 0.593. The summed E-state index contributed by atoms with van der Waals surface area (Å²) in [5.41, 5.74) is 0. The van der Waals surface area contributed by atoms with Gasteiger partial charge in [-0.25, -0.2) is 0 Å². The molecule has 0 saturated heterocycles. The monoisotopic (exact) mass is 159 g/mol. The van der Waals surface area contributed by atoms with E-state index in [2.05, 4.69) is 10.1 Å². The molecule has 0 rings (SSSR count). The topological polar surface area (TPSA) is 55.4 Å². The number of hydrogen-bond acceptors (Lipinski definition) is 3. The van der Waals surface area contributed by atoms with E-state index in [1.54, 1.807) is 6.92 Å². The van der Waals surface area contributed by atoms with Crippen LogP contribution in [0.4, 0.5) is 0 Å². The summed E-state index contributed by atoms with van der Waals surface area (Å²) in [6.07, 6.45) is -0.688. The fraction of sp³-hybridized carbons (Fsp3) is 0.714. The Morgan fingerprint density at radius 3 is 2.45 bits per heavy atom. The lowest BCUT2D eigenvalue weighted by atomic mass is 10.4. The third-order valence-corrected chi connectivity index (χ3v) is 1.06. The number of esters is 1. The molecule has 4 nitrogen and oxygen atoms in total. The maximum Gasteiger partial charge on any atom is 0.303 e. The number of nitrogens with one attached hydrogen (secondary N) is 1. The molecule has 1 atom stereocenters. The van der Waals surface area contributed by atoms with Crippen LogP contribution in [0.25, 0.3) is 0 Å².